The van der Waals surface area contributed by atoms with Gasteiger partial charge in [-0.25, -0.2) is 0 Å². The molecule has 0 spiro atoms. The number of furan rings is 1. The van der Waals surface area contributed by atoms with E-state index in [1.54, 1.807) is 0 Å². The SMILES string of the molecule is CCNC(=NCC(CC)(CC)CCO)NC(C)c1ccc(C)o1.I. The van der Waals surface area contributed by atoms with Crippen LogP contribution in [0.5, 0.6) is 0 Å². The van der Waals surface area contributed by atoms with Crippen molar-refractivity contribution < 1.29 is 9.52 Å². The fourth-order valence-corrected chi connectivity index (χ4v) is 2.67. The van der Waals surface area contributed by atoms with Gasteiger partial charge in [0.2, 0.25) is 0 Å². The van der Waals surface area contributed by atoms with Crippen LogP contribution in [0.25, 0.3) is 0 Å². The van der Waals surface area contributed by atoms with Crippen LogP contribution in [-0.4, -0.2) is 30.8 Å². The Labute approximate surface area is 163 Å². The topological polar surface area (TPSA) is 69.8 Å². The Kier molecular flexibility index (Phi) is 11.4. The number of aliphatic imine (C=N–C) groups is 1. The van der Waals surface area contributed by atoms with Gasteiger partial charge < -0.3 is 20.2 Å². The zero-order valence-electron chi connectivity index (χ0n) is 15.7. The van der Waals surface area contributed by atoms with Gasteiger partial charge in [0.15, 0.2) is 5.96 Å². The third kappa shape index (κ3) is 7.01. The van der Waals surface area contributed by atoms with Crippen molar-refractivity contribution in [2.45, 2.75) is 59.9 Å². The van der Waals surface area contributed by atoms with E-state index in [1.165, 1.54) is 0 Å². The summed E-state index contributed by atoms with van der Waals surface area (Å²) in [6, 6.07) is 4.01. The third-order valence-corrected chi connectivity index (χ3v) is 4.60. The molecule has 0 fully saturated rings. The molecule has 0 aliphatic rings. The summed E-state index contributed by atoms with van der Waals surface area (Å²) in [6.07, 6.45) is 2.82. The Morgan fingerprint density at radius 3 is 2.42 bits per heavy atom. The molecule has 0 aliphatic heterocycles. The molecule has 1 rings (SSSR count). The molecule has 1 unspecified atom stereocenters. The van der Waals surface area contributed by atoms with Crippen LogP contribution in [0, 0.1) is 12.3 Å². The van der Waals surface area contributed by atoms with Gasteiger partial charge in [-0.3, -0.25) is 4.99 Å². The summed E-state index contributed by atoms with van der Waals surface area (Å²) >= 11 is 0. The second-order valence-electron chi connectivity index (χ2n) is 6.19. The van der Waals surface area contributed by atoms with E-state index < -0.39 is 0 Å². The Morgan fingerprint density at radius 2 is 1.96 bits per heavy atom. The van der Waals surface area contributed by atoms with E-state index in [1.807, 2.05) is 19.1 Å². The summed E-state index contributed by atoms with van der Waals surface area (Å²) in [5.41, 5.74) is 0.0710. The molecule has 24 heavy (non-hydrogen) atoms. The van der Waals surface area contributed by atoms with E-state index in [-0.39, 0.29) is 42.0 Å². The van der Waals surface area contributed by atoms with Gasteiger partial charge >= 0.3 is 0 Å². The zero-order valence-corrected chi connectivity index (χ0v) is 18.0. The van der Waals surface area contributed by atoms with E-state index in [0.29, 0.717) is 6.54 Å². The lowest BCUT2D eigenvalue weighted by molar-refractivity contribution is 0.175. The number of rotatable bonds is 9. The molecule has 140 valence electrons. The number of nitrogens with zero attached hydrogens (tertiary/aromatic N) is 1. The summed E-state index contributed by atoms with van der Waals surface area (Å²) in [6.45, 7) is 12.1. The molecule has 1 aromatic rings. The predicted octanol–water partition coefficient (Wildman–Crippen LogP) is 4.01. The van der Waals surface area contributed by atoms with Crippen LogP contribution in [0.3, 0.4) is 0 Å². The number of halogens is 1. The molecular weight excluding hydrogens is 417 g/mol. The highest BCUT2D eigenvalue weighted by atomic mass is 127. The minimum Gasteiger partial charge on any atom is -0.464 e. The minimum atomic E-state index is 0. The van der Waals surface area contributed by atoms with Gasteiger partial charge in [0.25, 0.3) is 0 Å². The highest BCUT2D eigenvalue weighted by Crippen LogP contribution is 2.30. The normalized spacial score (nSPS) is 13.3. The molecule has 0 amide bonds. The van der Waals surface area contributed by atoms with Crippen LogP contribution in [0.15, 0.2) is 21.5 Å². The van der Waals surface area contributed by atoms with Crippen LogP contribution in [0.1, 0.15) is 64.5 Å². The quantitative estimate of drug-likeness (QED) is 0.302. The van der Waals surface area contributed by atoms with Crippen molar-refractivity contribution >= 4 is 29.9 Å². The molecule has 0 saturated heterocycles. The van der Waals surface area contributed by atoms with Crippen LogP contribution < -0.4 is 10.6 Å². The van der Waals surface area contributed by atoms with Gasteiger partial charge in [-0.2, -0.15) is 0 Å². The maximum atomic E-state index is 9.34. The number of aryl methyl sites for hydroxylation is 1. The number of nitrogens with one attached hydrogen (secondary N) is 2. The molecule has 0 saturated carbocycles. The monoisotopic (exact) mass is 451 g/mol. The summed E-state index contributed by atoms with van der Waals surface area (Å²) in [5.74, 6) is 2.61. The second-order valence-corrected chi connectivity index (χ2v) is 6.19. The van der Waals surface area contributed by atoms with Crippen LogP contribution in [0.4, 0.5) is 0 Å². The van der Waals surface area contributed by atoms with Gasteiger partial charge in [0.05, 0.1) is 6.04 Å². The number of hydrogen-bond acceptors (Lipinski definition) is 3. The Bertz CT molecular complexity index is 484. The summed E-state index contributed by atoms with van der Waals surface area (Å²) in [4.78, 5) is 4.76. The van der Waals surface area contributed by atoms with Gasteiger partial charge in [-0.1, -0.05) is 13.8 Å². The van der Waals surface area contributed by atoms with Crippen LogP contribution >= 0.6 is 24.0 Å². The minimum absolute atomic E-state index is 0. The van der Waals surface area contributed by atoms with Crippen molar-refractivity contribution in [3.63, 3.8) is 0 Å². The van der Waals surface area contributed by atoms with E-state index in [2.05, 4.69) is 38.3 Å². The lowest BCUT2D eigenvalue weighted by Crippen LogP contribution is -2.39. The number of hydrogen-bond donors (Lipinski definition) is 3. The maximum absolute atomic E-state index is 9.34. The molecule has 0 bridgehead atoms. The first-order chi connectivity index (χ1) is 11.0. The van der Waals surface area contributed by atoms with Crippen molar-refractivity contribution in [2.75, 3.05) is 19.7 Å². The summed E-state index contributed by atoms with van der Waals surface area (Å²) < 4.78 is 5.67. The first-order valence-electron chi connectivity index (χ1n) is 8.72. The largest absolute Gasteiger partial charge is 0.464 e. The van der Waals surface area contributed by atoms with E-state index in [0.717, 1.165) is 43.3 Å². The first-order valence-corrected chi connectivity index (χ1v) is 8.72. The number of guanidine groups is 1. The molecule has 0 aromatic carbocycles. The zero-order chi connectivity index (χ0) is 17.3. The Morgan fingerprint density at radius 1 is 1.29 bits per heavy atom. The highest BCUT2D eigenvalue weighted by Gasteiger charge is 2.25. The molecule has 6 heteroatoms. The lowest BCUT2D eigenvalue weighted by Gasteiger charge is -2.29. The number of aliphatic hydroxyl groups excluding tert-OH is 1. The molecule has 3 N–H and O–H groups in total. The number of aliphatic hydroxyl groups is 1. The van der Waals surface area contributed by atoms with Gasteiger partial charge in [0, 0.05) is 19.7 Å². The van der Waals surface area contributed by atoms with Crippen molar-refractivity contribution in [3.8, 4) is 0 Å². The molecule has 5 nitrogen and oxygen atoms in total. The van der Waals surface area contributed by atoms with Crippen molar-refractivity contribution in [1.82, 2.24) is 10.6 Å². The Hall–Kier alpha value is -0.760. The predicted molar refractivity (Wildman–Crippen MR) is 111 cm³/mol. The van der Waals surface area contributed by atoms with Crippen molar-refractivity contribution in [2.24, 2.45) is 10.4 Å². The van der Waals surface area contributed by atoms with Crippen LogP contribution in [0.2, 0.25) is 0 Å². The van der Waals surface area contributed by atoms with Gasteiger partial charge in [-0.05, 0) is 57.6 Å². The van der Waals surface area contributed by atoms with E-state index in [9.17, 15) is 5.11 Å². The standard InChI is InChI=1S/C18H33N3O2.HI/c1-6-18(7-2,11-12-22)13-20-17(19-8-3)21-15(5)16-10-9-14(4)23-16;/h9-10,15,22H,6-8,11-13H2,1-5H3,(H2,19,20,21);1H. The fourth-order valence-electron chi connectivity index (χ4n) is 2.67. The average Bonchev–Trinajstić information content (AvgIpc) is 2.98. The second kappa shape index (κ2) is 11.7. The van der Waals surface area contributed by atoms with Gasteiger partial charge in [0.1, 0.15) is 11.5 Å². The molecule has 0 radical (unpaired) electrons. The van der Waals surface area contributed by atoms with E-state index in [4.69, 9.17) is 9.41 Å². The maximum Gasteiger partial charge on any atom is 0.191 e. The van der Waals surface area contributed by atoms with Crippen molar-refractivity contribution in [1.29, 1.82) is 0 Å². The summed E-state index contributed by atoms with van der Waals surface area (Å²) in [5, 5.41) is 16.0. The molecule has 1 aromatic heterocycles. The average molecular weight is 451 g/mol. The van der Waals surface area contributed by atoms with Crippen LogP contribution in [-0.2, 0) is 0 Å². The first kappa shape index (κ1) is 23.2. The molecule has 1 heterocycles. The fraction of sp³-hybridized carbons (Fsp3) is 0.722. The van der Waals surface area contributed by atoms with Gasteiger partial charge in [-0.15, -0.1) is 24.0 Å². The summed E-state index contributed by atoms with van der Waals surface area (Å²) in [7, 11) is 0. The third-order valence-electron chi connectivity index (χ3n) is 4.60. The molecule has 0 aliphatic carbocycles. The molecule has 1 atom stereocenters. The molecular formula is C18H34IN3O2. The smallest absolute Gasteiger partial charge is 0.191 e. The van der Waals surface area contributed by atoms with E-state index >= 15 is 0 Å². The highest BCUT2D eigenvalue weighted by molar-refractivity contribution is 14.0. The Balaban J connectivity index is 0.00000529. The lowest BCUT2D eigenvalue weighted by atomic mass is 9.79. The van der Waals surface area contributed by atoms with Crippen molar-refractivity contribution in [3.05, 3.63) is 23.7 Å².